The Kier molecular flexibility index (Phi) is 5.67. The molecule has 0 aliphatic carbocycles. The fourth-order valence-corrected chi connectivity index (χ4v) is 2.69. The predicted octanol–water partition coefficient (Wildman–Crippen LogP) is 2.70. The van der Waals surface area contributed by atoms with Gasteiger partial charge >= 0.3 is 0 Å². The zero-order chi connectivity index (χ0) is 13.5. The van der Waals surface area contributed by atoms with Crippen LogP contribution >= 0.6 is 0 Å². The van der Waals surface area contributed by atoms with E-state index in [1.54, 1.807) is 0 Å². The highest BCUT2D eigenvalue weighted by Crippen LogP contribution is 2.14. The van der Waals surface area contributed by atoms with Crippen LogP contribution in [0.2, 0.25) is 0 Å². The second-order valence-electron chi connectivity index (χ2n) is 5.60. The van der Waals surface area contributed by atoms with Gasteiger partial charge < -0.3 is 15.4 Å². The summed E-state index contributed by atoms with van der Waals surface area (Å²) in [6, 6.07) is 8.20. The first-order chi connectivity index (χ1) is 9.24. The molecular formula is C16H26N2O. The summed E-state index contributed by atoms with van der Waals surface area (Å²) in [4.78, 5) is 2.39. The SMILES string of the molecule is CN(CCCc1cccc(N)c1)CC1CCCCO1. The van der Waals surface area contributed by atoms with Crippen LogP contribution in [-0.4, -0.2) is 37.7 Å². The van der Waals surface area contributed by atoms with E-state index in [4.69, 9.17) is 10.5 Å². The molecule has 1 aromatic carbocycles. The van der Waals surface area contributed by atoms with Gasteiger partial charge in [0.25, 0.3) is 0 Å². The molecule has 1 aromatic rings. The summed E-state index contributed by atoms with van der Waals surface area (Å²) >= 11 is 0. The number of nitrogen functional groups attached to an aromatic ring is 1. The van der Waals surface area contributed by atoms with E-state index in [1.165, 1.54) is 31.2 Å². The molecule has 2 rings (SSSR count). The van der Waals surface area contributed by atoms with E-state index in [0.29, 0.717) is 6.10 Å². The lowest BCUT2D eigenvalue weighted by Crippen LogP contribution is -2.34. The van der Waals surface area contributed by atoms with E-state index in [2.05, 4.69) is 24.1 Å². The molecule has 2 N–H and O–H groups in total. The number of nitrogens with zero attached hydrogens (tertiary/aromatic N) is 1. The van der Waals surface area contributed by atoms with Crippen LogP contribution in [0.5, 0.6) is 0 Å². The standard InChI is InChI=1S/C16H26N2O/c1-18(13-16-9-2-3-11-19-16)10-5-7-14-6-4-8-15(17)12-14/h4,6,8,12,16H,2-3,5,7,9-11,13,17H2,1H3. The van der Waals surface area contributed by atoms with E-state index in [0.717, 1.165) is 31.8 Å². The fraction of sp³-hybridized carbons (Fsp3) is 0.625. The minimum atomic E-state index is 0.450. The molecule has 1 saturated heterocycles. The van der Waals surface area contributed by atoms with E-state index in [9.17, 15) is 0 Å². The number of likely N-dealkylation sites (N-methyl/N-ethyl adjacent to an activating group) is 1. The van der Waals surface area contributed by atoms with Crippen LogP contribution < -0.4 is 5.73 Å². The Morgan fingerprint density at radius 3 is 3.00 bits per heavy atom. The third kappa shape index (κ3) is 5.21. The maximum absolute atomic E-state index is 5.79. The number of benzene rings is 1. The number of hydrogen-bond donors (Lipinski definition) is 1. The van der Waals surface area contributed by atoms with Crippen LogP contribution in [0.15, 0.2) is 24.3 Å². The number of ether oxygens (including phenoxy) is 1. The van der Waals surface area contributed by atoms with Crippen molar-refractivity contribution in [3.63, 3.8) is 0 Å². The maximum atomic E-state index is 5.79. The molecule has 0 amide bonds. The van der Waals surface area contributed by atoms with Crippen molar-refractivity contribution in [2.24, 2.45) is 0 Å². The van der Waals surface area contributed by atoms with Crippen LogP contribution in [0.4, 0.5) is 5.69 Å². The molecule has 1 heterocycles. The van der Waals surface area contributed by atoms with Gasteiger partial charge in [0.2, 0.25) is 0 Å². The minimum Gasteiger partial charge on any atom is -0.399 e. The lowest BCUT2D eigenvalue weighted by Gasteiger charge is -2.27. The summed E-state index contributed by atoms with van der Waals surface area (Å²) < 4.78 is 5.77. The Hall–Kier alpha value is -1.06. The van der Waals surface area contributed by atoms with Gasteiger partial charge in [0, 0.05) is 18.8 Å². The zero-order valence-electron chi connectivity index (χ0n) is 12.0. The summed E-state index contributed by atoms with van der Waals surface area (Å²) in [5.41, 5.74) is 7.98. The second-order valence-corrected chi connectivity index (χ2v) is 5.60. The van der Waals surface area contributed by atoms with E-state index < -0.39 is 0 Å². The van der Waals surface area contributed by atoms with Gasteiger partial charge in [-0.1, -0.05) is 12.1 Å². The molecule has 3 heteroatoms. The van der Waals surface area contributed by atoms with Crippen molar-refractivity contribution >= 4 is 5.69 Å². The molecule has 3 nitrogen and oxygen atoms in total. The van der Waals surface area contributed by atoms with E-state index >= 15 is 0 Å². The van der Waals surface area contributed by atoms with Crippen LogP contribution in [-0.2, 0) is 11.2 Å². The molecule has 0 spiro atoms. The zero-order valence-corrected chi connectivity index (χ0v) is 12.0. The van der Waals surface area contributed by atoms with Crippen LogP contribution in [0.1, 0.15) is 31.2 Å². The molecule has 1 fully saturated rings. The fourth-order valence-electron chi connectivity index (χ4n) is 2.69. The molecule has 1 aliphatic rings. The minimum absolute atomic E-state index is 0.450. The van der Waals surface area contributed by atoms with Crippen molar-refractivity contribution in [2.75, 3.05) is 32.5 Å². The third-order valence-electron chi connectivity index (χ3n) is 3.75. The monoisotopic (exact) mass is 262 g/mol. The molecule has 1 atom stereocenters. The summed E-state index contributed by atoms with van der Waals surface area (Å²) in [7, 11) is 2.19. The van der Waals surface area contributed by atoms with Gasteiger partial charge in [-0.15, -0.1) is 0 Å². The van der Waals surface area contributed by atoms with Crippen molar-refractivity contribution in [2.45, 2.75) is 38.2 Å². The Labute approximate surface area is 116 Å². The Balaban J connectivity index is 1.64. The number of anilines is 1. The number of hydrogen-bond acceptors (Lipinski definition) is 3. The number of aryl methyl sites for hydroxylation is 1. The normalized spacial score (nSPS) is 19.8. The highest BCUT2D eigenvalue weighted by molar-refractivity contribution is 5.40. The smallest absolute Gasteiger partial charge is 0.0701 e. The van der Waals surface area contributed by atoms with Gasteiger partial charge in [-0.05, 0) is 63.4 Å². The van der Waals surface area contributed by atoms with Gasteiger partial charge in [0.15, 0.2) is 0 Å². The van der Waals surface area contributed by atoms with E-state index in [-0.39, 0.29) is 0 Å². The number of nitrogens with two attached hydrogens (primary N) is 1. The van der Waals surface area contributed by atoms with Crippen molar-refractivity contribution in [1.82, 2.24) is 4.90 Å². The van der Waals surface area contributed by atoms with Crippen molar-refractivity contribution in [3.8, 4) is 0 Å². The maximum Gasteiger partial charge on any atom is 0.0701 e. The first kappa shape index (κ1) is 14.4. The Morgan fingerprint density at radius 2 is 2.26 bits per heavy atom. The van der Waals surface area contributed by atoms with E-state index in [1.807, 2.05) is 12.1 Å². The topological polar surface area (TPSA) is 38.5 Å². The summed E-state index contributed by atoms with van der Waals surface area (Å²) in [5, 5.41) is 0. The molecule has 19 heavy (non-hydrogen) atoms. The second kappa shape index (κ2) is 7.51. The molecule has 0 saturated carbocycles. The van der Waals surface area contributed by atoms with Gasteiger partial charge in [0.1, 0.15) is 0 Å². The molecule has 0 bridgehead atoms. The van der Waals surface area contributed by atoms with Crippen LogP contribution in [0, 0.1) is 0 Å². The molecule has 0 aromatic heterocycles. The Bertz CT molecular complexity index is 375. The summed E-state index contributed by atoms with van der Waals surface area (Å²) in [6.07, 6.45) is 6.50. The molecular weight excluding hydrogens is 236 g/mol. The average Bonchev–Trinajstić information content (AvgIpc) is 2.40. The molecule has 0 radical (unpaired) electrons. The molecule has 1 unspecified atom stereocenters. The predicted molar refractivity (Wildman–Crippen MR) is 80.3 cm³/mol. The lowest BCUT2D eigenvalue weighted by molar-refractivity contribution is -0.00151. The highest BCUT2D eigenvalue weighted by atomic mass is 16.5. The van der Waals surface area contributed by atoms with Crippen molar-refractivity contribution in [1.29, 1.82) is 0 Å². The first-order valence-corrected chi connectivity index (χ1v) is 7.38. The van der Waals surface area contributed by atoms with Crippen LogP contribution in [0.3, 0.4) is 0 Å². The van der Waals surface area contributed by atoms with Gasteiger partial charge in [-0.3, -0.25) is 0 Å². The van der Waals surface area contributed by atoms with Gasteiger partial charge in [-0.25, -0.2) is 0 Å². The molecule has 1 aliphatic heterocycles. The highest BCUT2D eigenvalue weighted by Gasteiger charge is 2.15. The summed E-state index contributed by atoms with van der Waals surface area (Å²) in [6.45, 7) is 3.13. The first-order valence-electron chi connectivity index (χ1n) is 7.38. The number of rotatable bonds is 6. The van der Waals surface area contributed by atoms with Crippen LogP contribution in [0.25, 0.3) is 0 Å². The molecule has 106 valence electrons. The quantitative estimate of drug-likeness (QED) is 0.801. The average molecular weight is 262 g/mol. The Morgan fingerprint density at radius 1 is 1.37 bits per heavy atom. The van der Waals surface area contributed by atoms with Crippen molar-refractivity contribution < 1.29 is 4.74 Å². The van der Waals surface area contributed by atoms with Gasteiger partial charge in [-0.2, -0.15) is 0 Å². The third-order valence-corrected chi connectivity index (χ3v) is 3.75. The van der Waals surface area contributed by atoms with Crippen molar-refractivity contribution in [3.05, 3.63) is 29.8 Å². The summed E-state index contributed by atoms with van der Waals surface area (Å²) in [5.74, 6) is 0. The largest absolute Gasteiger partial charge is 0.399 e. The van der Waals surface area contributed by atoms with Gasteiger partial charge in [0.05, 0.1) is 6.10 Å². The lowest BCUT2D eigenvalue weighted by atomic mass is 10.1.